The van der Waals surface area contributed by atoms with Crippen LogP contribution in [0.3, 0.4) is 0 Å². The number of benzene rings is 1. The summed E-state index contributed by atoms with van der Waals surface area (Å²) < 4.78 is 5.73. The standard InChI is InChI=1S/C37H54N8O3/c1-37(2)24-45(29-7-5-6-8-29)33-31(42(3)35(37)47)22-38-36(41-33)40-30-16-11-26(21-32(30)48-4)34(46)39-27-12-14-28(15-13-27)44-19-17-43(18-20-44)23-25-9-10-25/h11,16,21-22,25,27-29H,5-10,12-15,17-20,23-24H2,1-4H3,(H,39,46)(H,38,40,41)/t27-,28-. The lowest BCUT2D eigenvalue weighted by Crippen LogP contribution is -2.52. The van der Waals surface area contributed by atoms with Crippen molar-refractivity contribution in [3.05, 3.63) is 30.0 Å². The van der Waals surface area contributed by atoms with Gasteiger partial charge >= 0.3 is 0 Å². The number of anilines is 4. The highest BCUT2D eigenvalue weighted by molar-refractivity contribution is 6.01. The third kappa shape index (κ3) is 7.13. The third-order valence-electron chi connectivity index (χ3n) is 11.5. The van der Waals surface area contributed by atoms with Crippen LogP contribution < -0.4 is 25.2 Å². The van der Waals surface area contributed by atoms with Crippen LogP contribution in [0.25, 0.3) is 0 Å². The van der Waals surface area contributed by atoms with Gasteiger partial charge in [0.1, 0.15) is 11.4 Å². The van der Waals surface area contributed by atoms with E-state index in [0.717, 1.165) is 55.9 Å². The Balaban J connectivity index is 0.981. The van der Waals surface area contributed by atoms with Gasteiger partial charge in [-0.3, -0.25) is 14.5 Å². The fourth-order valence-corrected chi connectivity index (χ4v) is 8.41. The van der Waals surface area contributed by atoms with Crippen LogP contribution in [-0.2, 0) is 4.79 Å². The summed E-state index contributed by atoms with van der Waals surface area (Å²) in [5.74, 6) is 2.71. The van der Waals surface area contributed by atoms with Crippen molar-refractivity contribution in [3.63, 3.8) is 0 Å². The molecule has 2 N–H and O–H groups in total. The summed E-state index contributed by atoms with van der Waals surface area (Å²) in [5.41, 5.74) is 1.43. The Morgan fingerprint density at radius 3 is 2.40 bits per heavy atom. The Labute approximate surface area is 285 Å². The number of carbonyl (C=O) groups is 2. The van der Waals surface area contributed by atoms with Crippen molar-refractivity contribution in [2.45, 2.75) is 96.2 Å². The van der Waals surface area contributed by atoms with E-state index in [0.29, 0.717) is 41.6 Å². The molecule has 0 atom stereocenters. The maximum atomic E-state index is 13.4. The van der Waals surface area contributed by atoms with Crippen LogP contribution in [0.1, 0.15) is 88.4 Å². The van der Waals surface area contributed by atoms with E-state index in [-0.39, 0.29) is 17.9 Å². The van der Waals surface area contributed by atoms with E-state index >= 15 is 0 Å². The van der Waals surface area contributed by atoms with Crippen LogP contribution in [0.2, 0.25) is 0 Å². The Bertz CT molecular complexity index is 1470. The predicted octanol–water partition coefficient (Wildman–Crippen LogP) is 5.05. The first-order chi connectivity index (χ1) is 23.2. The SMILES string of the molecule is COc1cc(C(=O)N[C@H]2CC[C@H](N3CCN(CC4CC4)CC3)CC2)ccc1Nc1ncc2c(n1)N(C1CCCC1)CC(C)(C)C(=O)N2C. The number of aromatic nitrogens is 2. The second-order valence-electron chi connectivity index (χ2n) is 15.5. The van der Waals surface area contributed by atoms with Gasteiger partial charge in [0.25, 0.3) is 5.91 Å². The fraction of sp³-hybridized carbons (Fsp3) is 0.676. The Hall–Kier alpha value is -3.44. The van der Waals surface area contributed by atoms with Gasteiger partial charge < -0.3 is 30.1 Å². The molecular formula is C37H54N8O3. The van der Waals surface area contributed by atoms with E-state index in [1.165, 1.54) is 58.4 Å². The Morgan fingerprint density at radius 1 is 0.979 bits per heavy atom. The number of nitrogens with zero attached hydrogens (tertiary/aromatic N) is 6. The summed E-state index contributed by atoms with van der Waals surface area (Å²) >= 11 is 0. The van der Waals surface area contributed by atoms with Crippen LogP contribution in [0.5, 0.6) is 5.75 Å². The molecular weight excluding hydrogens is 604 g/mol. The van der Waals surface area contributed by atoms with Crippen molar-refractivity contribution >= 4 is 35.0 Å². The molecule has 2 aliphatic heterocycles. The van der Waals surface area contributed by atoms with E-state index in [2.05, 4.69) is 30.3 Å². The first kappa shape index (κ1) is 33.1. The quantitative estimate of drug-likeness (QED) is 0.383. The number of rotatable bonds is 9. The van der Waals surface area contributed by atoms with Gasteiger partial charge in [-0.2, -0.15) is 4.98 Å². The maximum Gasteiger partial charge on any atom is 0.251 e. The molecule has 48 heavy (non-hydrogen) atoms. The minimum Gasteiger partial charge on any atom is -0.495 e. The molecule has 0 unspecified atom stereocenters. The smallest absolute Gasteiger partial charge is 0.251 e. The molecule has 11 nitrogen and oxygen atoms in total. The van der Waals surface area contributed by atoms with Gasteiger partial charge in [0.05, 0.1) is 24.4 Å². The third-order valence-corrected chi connectivity index (χ3v) is 11.5. The van der Waals surface area contributed by atoms with Crippen molar-refractivity contribution in [3.8, 4) is 5.75 Å². The predicted molar refractivity (Wildman–Crippen MR) is 189 cm³/mol. The molecule has 5 aliphatic rings. The number of fused-ring (bicyclic) bond motifs is 1. The molecule has 2 aromatic rings. The lowest BCUT2D eigenvalue weighted by molar-refractivity contribution is -0.125. The molecule has 3 heterocycles. The largest absolute Gasteiger partial charge is 0.495 e. The second-order valence-corrected chi connectivity index (χ2v) is 15.5. The van der Waals surface area contributed by atoms with E-state index in [1.807, 2.05) is 33.0 Å². The van der Waals surface area contributed by atoms with Gasteiger partial charge in [-0.25, -0.2) is 4.98 Å². The summed E-state index contributed by atoms with van der Waals surface area (Å²) in [6.07, 6.45) is 13.5. The molecule has 3 saturated carbocycles. The zero-order valence-corrected chi connectivity index (χ0v) is 29.3. The normalized spacial score (nSPS) is 25.5. The minimum absolute atomic E-state index is 0.0644. The summed E-state index contributed by atoms with van der Waals surface area (Å²) in [6, 6.07) is 6.65. The fourth-order valence-electron chi connectivity index (χ4n) is 8.41. The number of hydrogen-bond donors (Lipinski definition) is 2. The topological polar surface area (TPSA) is 106 Å². The van der Waals surface area contributed by atoms with E-state index in [4.69, 9.17) is 9.72 Å². The van der Waals surface area contributed by atoms with Crippen molar-refractivity contribution < 1.29 is 14.3 Å². The highest BCUT2D eigenvalue weighted by Gasteiger charge is 2.41. The summed E-state index contributed by atoms with van der Waals surface area (Å²) in [6.45, 7) is 10.7. The molecule has 260 valence electrons. The zero-order chi connectivity index (χ0) is 33.4. The zero-order valence-electron chi connectivity index (χ0n) is 29.3. The lowest BCUT2D eigenvalue weighted by atomic mass is 9.89. The Morgan fingerprint density at radius 2 is 1.71 bits per heavy atom. The van der Waals surface area contributed by atoms with Crippen LogP contribution in [0.4, 0.5) is 23.1 Å². The summed E-state index contributed by atoms with van der Waals surface area (Å²) in [5, 5.41) is 6.63. The van der Waals surface area contributed by atoms with Crippen LogP contribution in [-0.4, -0.2) is 103 Å². The second kappa shape index (κ2) is 13.8. The molecule has 1 aromatic carbocycles. The van der Waals surface area contributed by atoms with Gasteiger partial charge in [0.2, 0.25) is 11.9 Å². The monoisotopic (exact) mass is 658 g/mol. The van der Waals surface area contributed by atoms with E-state index in [9.17, 15) is 9.59 Å². The van der Waals surface area contributed by atoms with Crippen LogP contribution in [0, 0.1) is 11.3 Å². The summed E-state index contributed by atoms with van der Waals surface area (Å²) in [4.78, 5) is 45.7. The van der Waals surface area contributed by atoms with Crippen molar-refractivity contribution in [2.75, 3.05) is 68.5 Å². The molecule has 0 bridgehead atoms. The van der Waals surface area contributed by atoms with Gasteiger partial charge in [0.15, 0.2) is 5.82 Å². The van der Waals surface area contributed by atoms with Crippen molar-refractivity contribution in [2.24, 2.45) is 11.3 Å². The van der Waals surface area contributed by atoms with Crippen molar-refractivity contribution in [1.82, 2.24) is 25.1 Å². The summed E-state index contributed by atoms with van der Waals surface area (Å²) in [7, 11) is 3.42. The number of amides is 2. The average Bonchev–Trinajstić information content (AvgIpc) is 3.76. The van der Waals surface area contributed by atoms with Gasteiger partial charge in [-0.1, -0.05) is 12.8 Å². The first-order valence-electron chi connectivity index (χ1n) is 18.3. The number of carbonyl (C=O) groups excluding carboxylic acids is 2. The molecule has 7 rings (SSSR count). The van der Waals surface area contributed by atoms with Gasteiger partial charge in [-0.05, 0) is 89.3 Å². The number of hydrogen-bond acceptors (Lipinski definition) is 9. The molecule has 0 radical (unpaired) electrons. The molecule has 4 fully saturated rings. The van der Waals surface area contributed by atoms with E-state index in [1.54, 1.807) is 24.3 Å². The highest BCUT2D eigenvalue weighted by Crippen LogP contribution is 2.41. The molecule has 2 amide bonds. The molecule has 0 spiro atoms. The molecule has 1 saturated heterocycles. The number of methoxy groups -OCH3 is 1. The number of piperazine rings is 1. The van der Waals surface area contributed by atoms with Crippen molar-refractivity contribution in [1.29, 1.82) is 0 Å². The lowest BCUT2D eigenvalue weighted by Gasteiger charge is -2.42. The Kier molecular flexibility index (Phi) is 9.52. The molecule has 3 aliphatic carbocycles. The van der Waals surface area contributed by atoms with Crippen LogP contribution in [0.15, 0.2) is 24.4 Å². The first-order valence-corrected chi connectivity index (χ1v) is 18.3. The highest BCUT2D eigenvalue weighted by atomic mass is 16.5. The number of nitrogens with one attached hydrogen (secondary N) is 2. The van der Waals surface area contributed by atoms with E-state index < -0.39 is 5.41 Å². The molecule has 11 heteroatoms. The van der Waals surface area contributed by atoms with Crippen LogP contribution >= 0.6 is 0 Å². The minimum atomic E-state index is -0.546. The van der Waals surface area contributed by atoms with Gasteiger partial charge in [-0.15, -0.1) is 0 Å². The molecule has 1 aromatic heterocycles. The number of ether oxygens (including phenoxy) is 1. The van der Waals surface area contributed by atoms with Gasteiger partial charge in [0, 0.05) is 70.0 Å². The maximum absolute atomic E-state index is 13.4. The average molecular weight is 659 g/mol.